The Balaban J connectivity index is 1.97. The third-order valence-electron chi connectivity index (χ3n) is 4.32. The Morgan fingerprint density at radius 2 is 1.92 bits per heavy atom. The number of nitrogens with zero attached hydrogens (tertiary/aromatic N) is 3. The van der Waals surface area contributed by atoms with Gasteiger partial charge in [0.15, 0.2) is 0 Å². The van der Waals surface area contributed by atoms with E-state index >= 15 is 0 Å². The van der Waals surface area contributed by atoms with Crippen LogP contribution in [0.15, 0.2) is 48.5 Å². The summed E-state index contributed by atoms with van der Waals surface area (Å²) in [5, 5.41) is 10.8. The van der Waals surface area contributed by atoms with Crippen molar-refractivity contribution in [3.63, 3.8) is 0 Å². The predicted octanol–water partition coefficient (Wildman–Crippen LogP) is 3.42. The molecule has 0 radical (unpaired) electrons. The number of carbonyl (C=O) groups excluding carboxylic acids is 1. The highest BCUT2D eigenvalue weighted by Gasteiger charge is 2.36. The highest BCUT2D eigenvalue weighted by Crippen LogP contribution is 2.30. The first-order valence-corrected chi connectivity index (χ1v) is 8.09. The highest BCUT2D eigenvalue weighted by atomic mass is 35.5. The first kappa shape index (κ1) is 17.2. The summed E-state index contributed by atoms with van der Waals surface area (Å²) < 4.78 is 13.2. The van der Waals surface area contributed by atoms with Crippen LogP contribution in [0.5, 0.6) is 0 Å². The van der Waals surface area contributed by atoms with E-state index in [1.54, 1.807) is 35.2 Å². The van der Waals surface area contributed by atoms with Gasteiger partial charge in [-0.15, -0.1) is 0 Å². The van der Waals surface area contributed by atoms with Gasteiger partial charge in [0.2, 0.25) is 5.88 Å². The van der Waals surface area contributed by atoms with Crippen molar-refractivity contribution in [1.29, 1.82) is 0 Å². The minimum atomic E-state index is -0.405. The van der Waals surface area contributed by atoms with Crippen LogP contribution in [-0.4, -0.2) is 39.0 Å². The summed E-state index contributed by atoms with van der Waals surface area (Å²) in [6, 6.07) is 8.93. The molecule has 130 valence electrons. The van der Waals surface area contributed by atoms with Gasteiger partial charge in [-0.25, -0.2) is 9.37 Å². The van der Waals surface area contributed by atoms with E-state index in [4.69, 9.17) is 11.6 Å². The Morgan fingerprint density at radius 3 is 2.52 bits per heavy atom. The number of halogens is 2. The van der Waals surface area contributed by atoms with Crippen molar-refractivity contribution in [2.24, 2.45) is 0 Å². The molecular weight excluding hydrogens is 345 g/mol. The van der Waals surface area contributed by atoms with E-state index in [2.05, 4.69) is 4.98 Å². The number of amides is 1. The summed E-state index contributed by atoms with van der Waals surface area (Å²) >= 11 is 5.80. The van der Waals surface area contributed by atoms with Crippen LogP contribution in [0.1, 0.15) is 18.1 Å². The van der Waals surface area contributed by atoms with E-state index in [9.17, 15) is 14.3 Å². The van der Waals surface area contributed by atoms with E-state index in [-0.39, 0.29) is 23.5 Å². The maximum Gasteiger partial charge on any atom is 0.261 e. The van der Waals surface area contributed by atoms with Crippen molar-refractivity contribution in [1.82, 2.24) is 14.8 Å². The number of hydrogen-bond donors (Lipinski definition) is 1. The topological polar surface area (TPSA) is 56.7 Å². The third-order valence-corrected chi connectivity index (χ3v) is 4.54. The van der Waals surface area contributed by atoms with E-state index < -0.39 is 5.82 Å². The number of aromatic nitrogens is 1. The molecule has 1 aromatic carbocycles. The molecule has 7 heteroatoms. The number of aliphatic hydroxyl groups excluding tert-OH is 1. The molecule has 2 aromatic rings. The lowest BCUT2D eigenvalue weighted by Crippen LogP contribution is -2.51. The van der Waals surface area contributed by atoms with Crippen LogP contribution >= 0.6 is 11.6 Å². The van der Waals surface area contributed by atoms with E-state index in [1.807, 2.05) is 6.92 Å². The monoisotopic (exact) mass is 361 g/mol. The molecular formula is C18H17ClFN3O2. The van der Waals surface area contributed by atoms with Gasteiger partial charge in [-0.05, 0) is 36.2 Å². The first-order valence-electron chi connectivity index (χ1n) is 7.72. The molecule has 5 nitrogen and oxygen atoms in total. The summed E-state index contributed by atoms with van der Waals surface area (Å²) in [5.74, 6) is -0.864. The Hall–Kier alpha value is -2.60. The van der Waals surface area contributed by atoms with Gasteiger partial charge in [0.25, 0.3) is 5.91 Å². The smallest absolute Gasteiger partial charge is 0.261 e. The minimum Gasteiger partial charge on any atom is -0.494 e. The molecule has 0 saturated heterocycles. The molecule has 1 aliphatic heterocycles. The SMILES string of the molecule is CC1N(C)C(O)=C(c2ccc(F)cc2)C(=O)N1Cc1ccc(Cl)nc1. The zero-order valence-corrected chi connectivity index (χ0v) is 14.5. The number of aliphatic hydroxyl groups is 1. The van der Waals surface area contributed by atoms with Crippen molar-refractivity contribution in [3.05, 3.63) is 70.6 Å². The van der Waals surface area contributed by atoms with Crippen molar-refractivity contribution >= 4 is 23.1 Å². The number of benzene rings is 1. The molecule has 25 heavy (non-hydrogen) atoms. The van der Waals surface area contributed by atoms with Crippen molar-refractivity contribution in [2.45, 2.75) is 19.6 Å². The predicted molar refractivity (Wildman–Crippen MR) is 93.0 cm³/mol. The molecule has 1 aromatic heterocycles. The molecule has 2 heterocycles. The Bertz CT molecular complexity index is 821. The second-order valence-electron chi connectivity index (χ2n) is 5.87. The van der Waals surface area contributed by atoms with Crippen LogP contribution in [0, 0.1) is 5.82 Å². The van der Waals surface area contributed by atoms with Gasteiger partial charge >= 0.3 is 0 Å². The summed E-state index contributed by atoms with van der Waals surface area (Å²) in [7, 11) is 1.70. The summed E-state index contributed by atoms with van der Waals surface area (Å²) in [6.07, 6.45) is 1.25. The largest absolute Gasteiger partial charge is 0.494 e. The van der Waals surface area contributed by atoms with Crippen LogP contribution in [0.3, 0.4) is 0 Å². The third kappa shape index (κ3) is 3.30. The zero-order chi connectivity index (χ0) is 18.1. The van der Waals surface area contributed by atoms with Crippen LogP contribution in [0.25, 0.3) is 5.57 Å². The molecule has 0 aliphatic carbocycles. The fourth-order valence-corrected chi connectivity index (χ4v) is 2.85. The lowest BCUT2D eigenvalue weighted by Gasteiger charge is -2.41. The second-order valence-corrected chi connectivity index (χ2v) is 6.26. The average Bonchev–Trinajstić information content (AvgIpc) is 2.60. The first-order chi connectivity index (χ1) is 11.9. The van der Waals surface area contributed by atoms with Gasteiger partial charge < -0.3 is 14.9 Å². The van der Waals surface area contributed by atoms with Gasteiger partial charge in [0.1, 0.15) is 22.7 Å². The molecule has 0 saturated carbocycles. The average molecular weight is 362 g/mol. The van der Waals surface area contributed by atoms with Crippen molar-refractivity contribution < 1.29 is 14.3 Å². The van der Waals surface area contributed by atoms with E-state index in [0.29, 0.717) is 17.3 Å². The van der Waals surface area contributed by atoms with Crippen LogP contribution in [0.4, 0.5) is 4.39 Å². The minimum absolute atomic E-state index is 0.130. The Labute approximate surface area is 150 Å². The Kier molecular flexibility index (Phi) is 4.63. The molecule has 0 bridgehead atoms. The van der Waals surface area contributed by atoms with Gasteiger partial charge in [-0.1, -0.05) is 29.8 Å². The molecule has 0 fully saturated rings. The molecule has 0 spiro atoms. The van der Waals surface area contributed by atoms with Crippen molar-refractivity contribution in [2.75, 3.05) is 7.05 Å². The van der Waals surface area contributed by atoms with Crippen LogP contribution in [-0.2, 0) is 11.3 Å². The van der Waals surface area contributed by atoms with Gasteiger partial charge in [-0.2, -0.15) is 0 Å². The number of rotatable bonds is 3. The van der Waals surface area contributed by atoms with Gasteiger partial charge in [0.05, 0.1) is 0 Å². The molecule has 1 aliphatic rings. The zero-order valence-electron chi connectivity index (χ0n) is 13.8. The summed E-state index contributed by atoms with van der Waals surface area (Å²) in [4.78, 5) is 20.2. The van der Waals surface area contributed by atoms with Crippen LogP contribution < -0.4 is 0 Å². The normalized spacial score (nSPS) is 18.1. The van der Waals surface area contributed by atoms with Gasteiger partial charge in [0, 0.05) is 19.8 Å². The van der Waals surface area contributed by atoms with Crippen LogP contribution in [0.2, 0.25) is 5.15 Å². The van der Waals surface area contributed by atoms with Gasteiger partial charge in [-0.3, -0.25) is 4.79 Å². The molecule has 1 amide bonds. The maximum atomic E-state index is 13.2. The number of carbonyl (C=O) groups is 1. The summed E-state index contributed by atoms with van der Waals surface area (Å²) in [6.45, 7) is 2.13. The number of pyridine rings is 1. The standard InChI is InChI=1S/C18H17ClFN3O2/c1-11-22(2)17(24)16(13-4-6-14(20)7-5-13)18(25)23(11)10-12-3-8-15(19)21-9-12/h3-9,11,24H,10H2,1-2H3. The van der Waals surface area contributed by atoms with E-state index in [0.717, 1.165) is 5.56 Å². The molecule has 1 unspecified atom stereocenters. The van der Waals surface area contributed by atoms with Crippen molar-refractivity contribution in [3.8, 4) is 0 Å². The molecule has 3 rings (SSSR count). The maximum absolute atomic E-state index is 13.2. The lowest BCUT2D eigenvalue weighted by atomic mass is 10.0. The lowest BCUT2D eigenvalue weighted by molar-refractivity contribution is -0.133. The fourth-order valence-electron chi connectivity index (χ4n) is 2.74. The second kappa shape index (κ2) is 6.72. The quantitative estimate of drug-likeness (QED) is 0.851. The molecule has 1 atom stereocenters. The summed E-state index contributed by atoms with van der Waals surface area (Å²) in [5.41, 5.74) is 1.42. The number of hydrogen-bond acceptors (Lipinski definition) is 4. The van der Waals surface area contributed by atoms with E-state index in [1.165, 1.54) is 24.3 Å². The highest BCUT2D eigenvalue weighted by molar-refractivity contribution is 6.29. The fraction of sp³-hybridized carbons (Fsp3) is 0.222. The molecule has 1 N–H and O–H groups in total. The Morgan fingerprint density at radius 1 is 1.24 bits per heavy atom.